The molecule has 0 aliphatic heterocycles. The Morgan fingerprint density at radius 3 is 1.88 bits per heavy atom. The van der Waals surface area contributed by atoms with E-state index in [1.165, 1.54) is 5.57 Å². The summed E-state index contributed by atoms with van der Waals surface area (Å²) in [5, 5.41) is 18.2. The van der Waals surface area contributed by atoms with Crippen molar-refractivity contribution in [1.82, 2.24) is 0 Å². The van der Waals surface area contributed by atoms with Crippen molar-refractivity contribution in [3.05, 3.63) is 231 Å². The van der Waals surface area contributed by atoms with Gasteiger partial charge in [-0.25, -0.2) is 0 Å². The molecule has 1 aromatic heterocycles. The molecule has 8 aromatic carbocycles. The second-order valence-corrected chi connectivity index (χ2v) is 16.3. The maximum atomic E-state index is 12.1. The topological polar surface area (TPSA) is 33.4 Å². The van der Waals surface area contributed by atoms with E-state index < -0.39 is 0 Å². The Labute approximate surface area is 374 Å². The van der Waals surface area contributed by atoms with E-state index in [1.807, 2.05) is 85.0 Å². The van der Waals surface area contributed by atoms with Gasteiger partial charge < -0.3 is 9.52 Å². The molecule has 2 nitrogen and oxygen atoms in total. The van der Waals surface area contributed by atoms with Gasteiger partial charge in [0, 0.05) is 33.6 Å². The van der Waals surface area contributed by atoms with E-state index in [9.17, 15) is 5.11 Å². The van der Waals surface area contributed by atoms with Gasteiger partial charge in [-0.3, -0.25) is 0 Å². The second-order valence-electron chi connectivity index (χ2n) is 16.3. The van der Waals surface area contributed by atoms with Gasteiger partial charge in [-0.15, -0.1) is 13.2 Å². The fourth-order valence-corrected chi connectivity index (χ4v) is 10.2. The minimum absolute atomic E-state index is 0.0647. The lowest BCUT2D eigenvalue weighted by atomic mass is 9.74. The molecular weight excluding hydrogens is 777 g/mol. The van der Waals surface area contributed by atoms with Crippen molar-refractivity contribution >= 4 is 73.4 Å². The number of rotatable bonds is 11. The highest BCUT2D eigenvalue weighted by Crippen LogP contribution is 2.50. The highest BCUT2D eigenvalue weighted by Gasteiger charge is 2.28. The zero-order valence-corrected chi connectivity index (χ0v) is 35.7. The Hall–Kier alpha value is -8.20. The summed E-state index contributed by atoms with van der Waals surface area (Å²) in [4.78, 5) is 0. The molecule has 1 N–H and O–H groups in total. The van der Waals surface area contributed by atoms with Crippen molar-refractivity contribution in [3.8, 4) is 50.3 Å². The summed E-state index contributed by atoms with van der Waals surface area (Å²) in [6, 6.07) is 46.1. The van der Waals surface area contributed by atoms with E-state index >= 15 is 0 Å². The summed E-state index contributed by atoms with van der Waals surface area (Å²) in [7, 11) is 0. The van der Waals surface area contributed by atoms with Gasteiger partial charge in [0.05, 0.1) is 0 Å². The van der Waals surface area contributed by atoms with Crippen molar-refractivity contribution in [2.24, 2.45) is 11.8 Å². The Balaban J connectivity index is 1.21. The molecule has 0 saturated carbocycles. The predicted molar refractivity (Wildman–Crippen MR) is 277 cm³/mol. The maximum absolute atomic E-state index is 12.1. The lowest BCUT2D eigenvalue weighted by Gasteiger charge is -2.29. The van der Waals surface area contributed by atoms with Crippen molar-refractivity contribution in [1.29, 1.82) is 0 Å². The highest BCUT2D eigenvalue weighted by molar-refractivity contribution is 6.26. The van der Waals surface area contributed by atoms with Crippen LogP contribution in [0, 0.1) is 11.8 Å². The van der Waals surface area contributed by atoms with Crippen LogP contribution in [0.25, 0.3) is 118 Å². The number of aromatic hydroxyl groups is 1. The van der Waals surface area contributed by atoms with Gasteiger partial charge in [-0.1, -0.05) is 178 Å². The van der Waals surface area contributed by atoms with Gasteiger partial charge in [-0.05, 0) is 125 Å². The number of hydrogen-bond acceptors (Lipinski definition) is 2. The third kappa shape index (κ3) is 6.26. The van der Waals surface area contributed by atoms with E-state index in [-0.39, 0.29) is 17.6 Å². The van der Waals surface area contributed by atoms with Gasteiger partial charge in [0.1, 0.15) is 16.9 Å². The van der Waals surface area contributed by atoms with Gasteiger partial charge >= 0.3 is 0 Å². The van der Waals surface area contributed by atoms with Crippen LogP contribution in [0.15, 0.2) is 208 Å². The largest absolute Gasteiger partial charge is 0.507 e. The van der Waals surface area contributed by atoms with Crippen LogP contribution in [0.3, 0.4) is 0 Å². The molecule has 1 aliphatic carbocycles. The SMILES string of the molecule is C=Cc1cccc(-c2cc(O)c(-c3ccccc3)c3c2ccc2oc4ccc(-c5cccc(-c6c(C=C)c(C=C)c(C7=CC=CC(C=C)C7C=C)c7ccccc67)c5)cc4c23)c1C=C. The Morgan fingerprint density at radius 1 is 0.469 bits per heavy atom. The lowest BCUT2D eigenvalue weighted by molar-refractivity contribution is 0.478. The van der Waals surface area contributed by atoms with Crippen LogP contribution >= 0.6 is 0 Å². The first kappa shape index (κ1) is 39.9. The molecule has 9 aromatic rings. The summed E-state index contributed by atoms with van der Waals surface area (Å²) in [5.41, 5.74) is 15.6. The minimum atomic E-state index is 0.0647. The van der Waals surface area contributed by atoms with Crippen LogP contribution in [0.1, 0.15) is 27.8 Å². The van der Waals surface area contributed by atoms with Crippen LogP contribution < -0.4 is 0 Å². The second kappa shape index (κ2) is 16.2. The molecule has 1 heterocycles. The average Bonchev–Trinajstić information content (AvgIpc) is 3.73. The van der Waals surface area contributed by atoms with E-state index in [2.05, 4.69) is 143 Å². The molecule has 0 bridgehead atoms. The fourth-order valence-electron chi connectivity index (χ4n) is 10.2. The van der Waals surface area contributed by atoms with Crippen molar-refractivity contribution in [3.63, 3.8) is 0 Å². The highest BCUT2D eigenvalue weighted by atomic mass is 16.3. The first-order valence-corrected chi connectivity index (χ1v) is 21.6. The van der Waals surface area contributed by atoms with E-state index in [0.717, 1.165) is 116 Å². The number of phenols is 1. The molecule has 0 spiro atoms. The Bertz CT molecular complexity index is 3510. The lowest BCUT2D eigenvalue weighted by Crippen LogP contribution is -2.14. The molecule has 0 amide bonds. The van der Waals surface area contributed by atoms with Gasteiger partial charge in [0.25, 0.3) is 0 Å². The quantitative estimate of drug-likeness (QED) is 0.132. The zero-order valence-electron chi connectivity index (χ0n) is 35.7. The summed E-state index contributed by atoms with van der Waals surface area (Å²) in [6.45, 7) is 25.3. The monoisotopic (exact) mass is 822 g/mol. The Morgan fingerprint density at radius 2 is 1.14 bits per heavy atom. The molecule has 64 heavy (non-hydrogen) atoms. The van der Waals surface area contributed by atoms with Crippen molar-refractivity contribution in [2.75, 3.05) is 0 Å². The molecule has 2 heteroatoms. The van der Waals surface area contributed by atoms with Crippen LogP contribution in [-0.4, -0.2) is 5.11 Å². The summed E-state index contributed by atoms with van der Waals surface area (Å²) >= 11 is 0. The molecule has 2 unspecified atom stereocenters. The summed E-state index contributed by atoms with van der Waals surface area (Å²) in [5.74, 6) is 0.387. The van der Waals surface area contributed by atoms with Gasteiger partial charge in [-0.2, -0.15) is 0 Å². The third-order valence-electron chi connectivity index (χ3n) is 13.0. The van der Waals surface area contributed by atoms with Crippen LogP contribution in [0.5, 0.6) is 5.75 Å². The van der Waals surface area contributed by atoms with Gasteiger partial charge in [0.15, 0.2) is 0 Å². The van der Waals surface area contributed by atoms with Crippen LogP contribution in [-0.2, 0) is 0 Å². The Kier molecular flexibility index (Phi) is 10.1. The predicted octanol–water partition coefficient (Wildman–Crippen LogP) is 17.4. The zero-order chi connectivity index (χ0) is 44.1. The van der Waals surface area contributed by atoms with E-state index in [0.29, 0.717) is 0 Å². The maximum Gasteiger partial charge on any atom is 0.136 e. The molecule has 0 radical (unpaired) electrons. The number of hydrogen-bond donors (Lipinski definition) is 1. The smallest absolute Gasteiger partial charge is 0.136 e. The molecular formula is C62H46O2. The minimum Gasteiger partial charge on any atom is -0.507 e. The number of fused-ring (bicyclic) bond motifs is 6. The first-order valence-electron chi connectivity index (χ1n) is 21.6. The van der Waals surface area contributed by atoms with Crippen molar-refractivity contribution < 1.29 is 9.52 Å². The van der Waals surface area contributed by atoms with Crippen molar-refractivity contribution in [2.45, 2.75) is 0 Å². The van der Waals surface area contributed by atoms with Crippen LogP contribution in [0.2, 0.25) is 0 Å². The normalized spacial score (nSPS) is 14.7. The van der Waals surface area contributed by atoms with E-state index in [1.54, 1.807) is 0 Å². The summed E-state index contributed by atoms with van der Waals surface area (Å²) < 4.78 is 6.64. The third-order valence-corrected chi connectivity index (χ3v) is 13.0. The number of benzene rings is 8. The molecule has 1 aliphatic rings. The number of furan rings is 1. The number of allylic oxidation sites excluding steroid dienone is 6. The molecule has 0 saturated heterocycles. The molecule has 0 fully saturated rings. The summed E-state index contributed by atoms with van der Waals surface area (Å²) in [6.07, 6.45) is 18.2. The molecule has 2 atom stereocenters. The van der Waals surface area contributed by atoms with E-state index in [4.69, 9.17) is 4.42 Å². The first-order chi connectivity index (χ1) is 31.4. The average molecular weight is 823 g/mol. The molecule has 10 rings (SSSR count). The number of phenolic OH excluding ortho intramolecular Hbond substituents is 1. The van der Waals surface area contributed by atoms with Crippen LogP contribution in [0.4, 0.5) is 0 Å². The molecule has 306 valence electrons. The standard InChI is InChI=1S/C62H46O2/c1-7-38-23-19-29-48(44(38)9-3)53-37-55(63)59(40-21-14-13-15-22-40)62-52(53)32-34-57-61(62)54-36-42(31-33-56(54)64-57)41-25-18-26-43(35-41)58-46(11-5)47(12-6)60(51-28-17-16-27-50(51)58)49-30-20-24-39(8-2)45(49)10-4/h7-37,39,45,63H,1-6H2. The fraction of sp³-hybridized carbons (Fsp3) is 0.0323. The van der Waals surface area contributed by atoms with Gasteiger partial charge in [0.2, 0.25) is 0 Å².